The average molecular weight is 356 g/mol. The van der Waals surface area contributed by atoms with Crippen molar-refractivity contribution in [3.05, 3.63) is 58.0 Å². The highest BCUT2D eigenvalue weighted by Gasteiger charge is 2.11. The van der Waals surface area contributed by atoms with Gasteiger partial charge >= 0.3 is 0 Å². The molecule has 0 aliphatic carbocycles. The molecule has 0 aliphatic rings. The minimum absolute atomic E-state index is 0.148. The van der Waals surface area contributed by atoms with Crippen LogP contribution in [-0.4, -0.2) is 28.1 Å². The lowest BCUT2D eigenvalue weighted by Crippen LogP contribution is -2.27. The molecule has 0 radical (unpaired) electrons. The van der Waals surface area contributed by atoms with Crippen LogP contribution < -0.4 is 16.2 Å². The van der Waals surface area contributed by atoms with Gasteiger partial charge in [-0.25, -0.2) is 4.68 Å². The predicted molar refractivity (Wildman–Crippen MR) is 100 cm³/mol. The fraction of sp³-hybridized carbons (Fsp3) is 0.368. The van der Waals surface area contributed by atoms with Crippen molar-refractivity contribution in [3.63, 3.8) is 0 Å². The third-order valence-corrected chi connectivity index (χ3v) is 3.61. The number of benzene rings is 1. The number of amides is 2. The first-order valence-corrected chi connectivity index (χ1v) is 8.68. The fourth-order valence-corrected chi connectivity index (χ4v) is 2.24. The number of hydrogen-bond acceptors (Lipinski definition) is 4. The number of carbonyl (C=O) groups is 2. The Morgan fingerprint density at radius 2 is 1.77 bits per heavy atom. The zero-order chi connectivity index (χ0) is 19.1. The molecular weight excluding hydrogens is 332 g/mol. The number of nitrogens with zero attached hydrogens (tertiary/aromatic N) is 2. The molecule has 1 heterocycles. The van der Waals surface area contributed by atoms with Crippen molar-refractivity contribution in [2.45, 2.75) is 33.7 Å². The monoisotopic (exact) mass is 356 g/mol. The van der Waals surface area contributed by atoms with Crippen LogP contribution in [0.3, 0.4) is 0 Å². The van der Waals surface area contributed by atoms with Crippen LogP contribution in [0.25, 0.3) is 0 Å². The van der Waals surface area contributed by atoms with Crippen molar-refractivity contribution < 1.29 is 9.59 Å². The van der Waals surface area contributed by atoms with E-state index in [-0.39, 0.29) is 17.2 Å². The molecule has 0 aliphatic heterocycles. The van der Waals surface area contributed by atoms with E-state index >= 15 is 0 Å². The van der Waals surface area contributed by atoms with Crippen LogP contribution in [0.15, 0.2) is 41.2 Å². The summed E-state index contributed by atoms with van der Waals surface area (Å²) in [5.41, 5.74) is 1.00. The zero-order valence-electron chi connectivity index (χ0n) is 15.3. The van der Waals surface area contributed by atoms with Crippen LogP contribution in [0.4, 0.5) is 5.69 Å². The highest BCUT2D eigenvalue weighted by Crippen LogP contribution is 2.11. The summed E-state index contributed by atoms with van der Waals surface area (Å²) in [6.45, 7) is 7.05. The van der Waals surface area contributed by atoms with Crippen LogP contribution in [0.1, 0.15) is 48.0 Å². The minimum atomic E-state index is -0.410. The van der Waals surface area contributed by atoms with Crippen molar-refractivity contribution in [2.24, 2.45) is 5.92 Å². The molecule has 2 N–H and O–H groups in total. The van der Waals surface area contributed by atoms with E-state index in [1.54, 1.807) is 24.3 Å². The summed E-state index contributed by atoms with van der Waals surface area (Å²) in [6.07, 6.45) is 0.748. The lowest BCUT2D eigenvalue weighted by molar-refractivity contribution is 0.0948. The van der Waals surface area contributed by atoms with Crippen molar-refractivity contribution >= 4 is 17.5 Å². The van der Waals surface area contributed by atoms with Gasteiger partial charge in [0.1, 0.15) is 5.69 Å². The average Bonchev–Trinajstić information content (AvgIpc) is 2.62. The Bertz CT molecular complexity index is 825. The molecule has 0 bridgehead atoms. The zero-order valence-corrected chi connectivity index (χ0v) is 15.3. The molecule has 138 valence electrons. The van der Waals surface area contributed by atoms with Crippen LogP contribution in [0.5, 0.6) is 0 Å². The van der Waals surface area contributed by atoms with Gasteiger partial charge in [0, 0.05) is 30.4 Å². The second kappa shape index (κ2) is 8.94. The minimum Gasteiger partial charge on any atom is -0.352 e. The molecular formula is C19H24N4O3. The second-order valence-corrected chi connectivity index (χ2v) is 6.42. The van der Waals surface area contributed by atoms with Crippen LogP contribution in [0, 0.1) is 5.92 Å². The first-order chi connectivity index (χ1) is 12.4. The van der Waals surface area contributed by atoms with Crippen molar-refractivity contribution in [2.75, 3.05) is 11.9 Å². The second-order valence-electron chi connectivity index (χ2n) is 6.42. The maximum Gasteiger partial charge on any atom is 0.276 e. The predicted octanol–water partition coefficient (Wildman–Crippen LogP) is 2.29. The molecule has 0 unspecified atom stereocenters. The van der Waals surface area contributed by atoms with Crippen LogP contribution in [0.2, 0.25) is 0 Å². The summed E-state index contributed by atoms with van der Waals surface area (Å²) in [5.74, 6) is -0.183. The summed E-state index contributed by atoms with van der Waals surface area (Å²) < 4.78 is 1.27. The SMILES string of the molecule is CCCn1nc(C(=O)Nc2ccc(C(=O)NCC(C)C)cc2)ccc1=O. The number of carbonyl (C=O) groups excluding carboxylic acids is 2. The van der Waals surface area contributed by atoms with Gasteiger partial charge in [-0.15, -0.1) is 0 Å². The van der Waals surface area contributed by atoms with Gasteiger partial charge < -0.3 is 10.6 Å². The molecule has 0 saturated heterocycles. The van der Waals surface area contributed by atoms with E-state index in [4.69, 9.17) is 0 Å². The van der Waals surface area contributed by atoms with Crippen molar-refractivity contribution in [1.29, 1.82) is 0 Å². The standard InChI is InChI=1S/C19H24N4O3/c1-4-11-23-17(24)10-9-16(22-23)19(26)21-15-7-5-14(6-8-15)18(25)20-12-13(2)3/h5-10,13H,4,11-12H2,1-3H3,(H,20,25)(H,21,26). The Morgan fingerprint density at radius 1 is 1.08 bits per heavy atom. The number of aromatic nitrogens is 2. The molecule has 0 fully saturated rings. The molecule has 7 heteroatoms. The molecule has 0 saturated carbocycles. The third kappa shape index (κ3) is 5.27. The smallest absolute Gasteiger partial charge is 0.276 e. The normalized spacial score (nSPS) is 10.6. The molecule has 0 atom stereocenters. The van der Waals surface area contributed by atoms with Gasteiger partial charge in [-0.05, 0) is 42.7 Å². The number of rotatable bonds is 7. The van der Waals surface area contributed by atoms with E-state index in [0.29, 0.717) is 30.3 Å². The quantitative estimate of drug-likeness (QED) is 0.796. The van der Waals surface area contributed by atoms with E-state index in [9.17, 15) is 14.4 Å². The molecule has 1 aromatic heterocycles. The van der Waals surface area contributed by atoms with Gasteiger partial charge in [0.15, 0.2) is 0 Å². The molecule has 2 amide bonds. The Morgan fingerprint density at radius 3 is 2.38 bits per heavy atom. The number of aryl methyl sites for hydroxylation is 1. The lowest BCUT2D eigenvalue weighted by atomic mass is 10.1. The first kappa shape index (κ1) is 19.4. The topological polar surface area (TPSA) is 93.1 Å². The van der Waals surface area contributed by atoms with Crippen LogP contribution in [-0.2, 0) is 6.54 Å². The summed E-state index contributed by atoms with van der Waals surface area (Å²) >= 11 is 0. The summed E-state index contributed by atoms with van der Waals surface area (Å²) in [5, 5.41) is 9.63. The first-order valence-electron chi connectivity index (χ1n) is 8.68. The van der Waals surface area contributed by atoms with Gasteiger partial charge in [-0.3, -0.25) is 14.4 Å². The highest BCUT2D eigenvalue weighted by atomic mass is 16.2. The van der Waals surface area contributed by atoms with Gasteiger partial charge in [0.25, 0.3) is 17.4 Å². The summed E-state index contributed by atoms with van der Waals surface area (Å²) in [6, 6.07) is 9.35. The maximum atomic E-state index is 12.3. The van der Waals surface area contributed by atoms with Crippen molar-refractivity contribution in [3.8, 4) is 0 Å². The van der Waals surface area contributed by atoms with Crippen LogP contribution >= 0.6 is 0 Å². The number of nitrogens with one attached hydrogen (secondary N) is 2. The number of hydrogen-bond donors (Lipinski definition) is 2. The maximum absolute atomic E-state index is 12.3. The summed E-state index contributed by atoms with van der Waals surface area (Å²) in [4.78, 5) is 36.0. The van der Waals surface area contributed by atoms with Gasteiger partial charge in [0.05, 0.1) is 0 Å². The Hall–Kier alpha value is -2.96. The Labute approximate surface area is 152 Å². The fourth-order valence-electron chi connectivity index (χ4n) is 2.24. The summed E-state index contributed by atoms with van der Waals surface area (Å²) in [7, 11) is 0. The van der Waals surface area contributed by atoms with E-state index in [2.05, 4.69) is 15.7 Å². The van der Waals surface area contributed by atoms with E-state index in [1.807, 2.05) is 20.8 Å². The Balaban J connectivity index is 2.04. The molecule has 0 spiro atoms. The molecule has 2 aromatic rings. The van der Waals surface area contributed by atoms with E-state index < -0.39 is 5.91 Å². The van der Waals surface area contributed by atoms with E-state index in [0.717, 1.165) is 6.42 Å². The molecule has 7 nitrogen and oxygen atoms in total. The highest BCUT2D eigenvalue weighted by molar-refractivity contribution is 6.03. The molecule has 1 aromatic carbocycles. The molecule has 26 heavy (non-hydrogen) atoms. The van der Waals surface area contributed by atoms with Gasteiger partial charge in [-0.1, -0.05) is 20.8 Å². The molecule has 2 rings (SSSR count). The number of anilines is 1. The largest absolute Gasteiger partial charge is 0.352 e. The van der Waals surface area contributed by atoms with Gasteiger partial charge in [0.2, 0.25) is 0 Å². The van der Waals surface area contributed by atoms with Gasteiger partial charge in [-0.2, -0.15) is 5.10 Å². The Kier molecular flexibility index (Phi) is 6.66. The lowest BCUT2D eigenvalue weighted by Gasteiger charge is -2.09. The van der Waals surface area contributed by atoms with Crippen molar-refractivity contribution in [1.82, 2.24) is 15.1 Å². The third-order valence-electron chi connectivity index (χ3n) is 3.61. The van der Waals surface area contributed by atoms with E-state index in [1.165, 1.54) is 16.8 Å².